The lowest BCUT2D eigenvalue weighted by Crippen LogP contribution is -2.17. The number of nitriles is 1. The number of aryl methyl sites for hydroxylation is 1. The minimum absolute atomic E-state index is 0.208. The summed E-state index contributed by atoms with van der Waals surface area (Å²) in [5.41, 5.74) is 5.96. The van der Waals surface area contributed by atoms with E-state index >= 15 is 0 Å². The Kier molecular flexibility index (Phi) is 3.57. The van der Waals surface area contributed by atoms with Crippen molar-refractivity contribution >= 4 is 11.9 Å². The van der Waals surface area contributed by atoms with Gasteiger partial charge in [-0.15, -0.1) is 0 Å². The van der Waals surface area contributed by atoms with Crippen LogP contribution in [0.2, 0.25) is 0 Å². The molecular formula is C9H11N5O. The molecule has 1 heterocycles. The Morgan fingerprint density at radius 3 is 3.00 bits per heavy atom. The number of nitrogens with two attached hydrogens (primary N) is 1. The summed E-state index contributed by atoms with van der Waals surface area (Å²) in [6.45, 7) is 2.13. The van der Waals surface area contributed by atoms with Crippen LogP contribution < -0.4 is 11.1 Å². The van der Waals surface area contributed by atoms with Gasteiger partial charge in [0.2, 0.25) is 11.9 Å². The molecule has 6 nitrogen and oxygen atoms in total. The summed E-state index contributed by atoms with van der Waals surface area (Å²) in [7, 11) is 0. The Morgan fingerprint density at radius 2 is 2.40 bits per heavy atom. The van der Waals surface area contributed by atoms with Crippen LogP contribution in [0.5, 0.6) is 0 Å². The number of nitrogens with zero attached hydrogens (tertiary/aromatic N) is 3. The third-order valence-corrected chi connectivity index (χ3v) is 1.62. The molecule has 1 aromatic rings. The SMILES string of the molecule is Cc1cc(C#N)nc(NCCC(N)=O)n1. The predicted octanol–water partition coefficient (Wildman–Crippen LogP) is -0.0560. The maximum Gasteiger partial charge on any atom is 0.224 e. The Balaban J connectivity index is 2.65. The lowest BCUT2D eigenvalue weighted by atomic mass is 10.3. The van der Waals surface area contributed by atoms with Gasteiger partial charge in [-0.1, -0.05) is 0 Å². The molecule has 0 aromatic carbocycles. The molecule has 0 aliphatic heterocycles. The molecule has 0 aliphatic carbocycles. The number of nitrogens with one attached hydrogen (secondary N) is 1. The fourth-order valence-electron chi connectivity index (χ4n) is 1.00. The van der Waals surface area contributed by atoms with Crippen LogP contribution in [0.1, 0.15) is 17.8 Å². The number of hydrogen-bond donors (Lipinski definition) is 2. The molecule has 0 saturated heterocycles. The molecule has 0 unspecified atom stereocenters. The van der Waals surface area contributed by atoms with Gasteiger partial charge < -0.3 is 11.1 Å². The minimum atomic E-state index is -0.393. The molecule has 1 aromatic heterocycles. The highest BCUT2D eigenvalue weighted by Gasteiger charge is 2.01. The van der Waals surface area contributed by atoms with E-state index in [0.29, 0.717) is 23.9 Å². The first-order valence-electron chi connectivity index (χ1n) is 4.40. The maximum absolute atomic E-state index is 10.5. The number of primary amides is 1. The van der Waals surface area contributed by atoms with E-state index in [4.69, 9.17) is 11.0 Å². The van der Waals surface area contributed by atoms with Crippen LogP contribution >= 0.6 is 0 Å². The first-order chi connectivity index (χ1) is 7.11. The van der Waals surface area contributed by atoms with Gasteiger partial charge in [0.1, 0.15) is 11.8 Å². The molecule has 0 spiro atoms. The maximum atomic E-state index is 10.5. The summed E-state index contributed by atoms with van der Waals surface area (Å²) in [6.07, 6.45) is 0.208. The van der Waals surface area contributed by atoms with E-state index in [1.54, 1.807) is 13.0 Å². The normalized spacial score (nSPS) is 9.33. The largest absolute Gasteiger partial charge is 0.370 e. The second-order valence-electron chi connectivity index (χ2n) is 2.97. The van der Waals surface area contributed by atoms with Crippen molar-refractivity contribution in [3.63, 3.8) is 0 Å². The molecule has 78 valence electrons. The molecule has 0 saturated carbocycles. The molecule has 15 heavy (non-hydrogen) atoms. The van der Waals surface area contributed by atoms with Crippen molar-refractivity contribution < 1.29 is 4.79 Å². The van der Waals surface area contributed by atoms with E-state index in [1.165, 1.54) is 0 Å². The third kappa shape index (κ3) is 3.60. The molecule has 3 N–H and O–H groups in total. The van der Waals surface area contributed by atoms with Crippen molar-refractivity contribution in [3.05, 3.63) is 17.5 Å². The van der Waals surface area contributed by atoms with E-state index in [1.807, 2.05) is 6.07 Å². The van der Waals surface area contributed by atoms with Gasteiger partial charge in [0.05, 0.1) is 0 Å². The van der Waals surface area contributed by atoms with Crippen LogP contribution in [0.3, 0.4) is 0 Å². The van der Waals surface area contributed by atoms with Gasteiger partial charge in [-0.25, -0.2) is 9.97 Å². The van der Waals surface area contributed by atoms with Crippen molar-refractivity contribution in [3.8, 4) is 6.07 Å². The van der Waals surface area contributed by atoms with Gasteiger partial charge in [0.25, 0.3) is 0 Å². The fourth-order valence-corrected chi connectivity index (χ4v) is 1.00. The Hall–Kier alpha value is -2.16. The topological polar surface area (TPSA) is 105 Å². The second-order valence-corrected chi connectivity index (χ2v) is 2.97. The van der Waals surface area contributed by atoms with Crippen LogP contribution in [0, 0.1) is 18.3 Å². The van der Waals surface area contributed by atoms with E-state index in [9.17, 15) is 4.79 Å². The zero-order chi connectivity index (χ0) is 11.3. The summed E-state index contributed by atoms with van der Waals surface area (Å²) in [5.74, 6) is -0.0524. The summed E-state index contributed by atoms with van der Waals surface area (Å²) in [6, 6.07) is 3.51. The minimum Gasteiger partial charge on any atom is -0.370 e. The lowest BCUT2D eigenvalue weighted by Gasteiger charge is -2.03. The Morgan fingerprint density at radius 1 is 1.67 bits per heavy atom. The van der Waals surface area contributed by atoms with E-state index in [0.717, 1.165) is 0 Å². The number of carbonyl (C=O) groups is 1. The van der Waals surface area contributed by atoms with E-state index < -0.39 is 5.91 Å². The number of hydrogen-bond acceptors (Lipinski definition) is 5. The van der Waals surface area contributed by atoms with Crippen LogP contribution in [-0.2, 0) is 4.79 Å². The highest BCUT2D eigenvalue weighted by Crippen LogP contribution is 2.03. The predicted molar refractivity (Wildman–Crippen MR) is 53.8 cm³/mol. The van der Waals surface area contributed by atoms with Gasteiger partial charge in [-0.2, -0.15) is 5.26 Å². The van der Waals surface area contributed by atoms with Gasteiger partial charge in [0.15, 0.2) is 0 Å². The van der Waals surface area contributed by atoms with Crippen molar-refractivity contribution in [2.24, 2.45) is 5.73 Å². The van der Waals surface area contributed by atoms with E-state index in [2.05, 4.69) is 15.3 Å². The Labute approximate surface area is 87.1 Å². The summed E-state index contributed by atoms with van der Waals surface area (Å²) in [5, 5.41) is 11.5. The number of anilines is 1. The van der Waals surface area contributed by atoms with Crippen molar-refractivity contribution in [2.45, 2.75) is 13.3 Å². The van der Waals surface area contributed by atoms with Crippen LogP contribution in [0.15, 0.2) is 6.07 Å². The molecule has 0 fully saturated rings. The Bertz CT molecular complexity index is 409. The van der Waals surface area contributed by atoms with Gasteiger partial charge in [0, 0.05) is 18.7 Å². The average Bonchev–Trinajstić information content (AvgIpc) is 2.16. The second kappa shape index (κ2) is 4.91. The summed E-state index contributed by atoms with van der Waals surface area (Å²) >= 11 is 0. The first-order valence-corrected chi connectivity index (χ1v) is 4.40. The van der Waals surface area contributed by atoms with Crippen molar-refractivity contribution in [2.75, 3.05) is 11.9 Å². The zero-order valence-corrected chi connectivity index (χ0v) is 8.32. The van der Waals surface area contributed by atoms with Crippen LogP contribution in [0.4, 0.5) is 5.95 Å². The fraction of sp³-hybridized carbons (Fsp3) is 0.333. The third-order valence-electron chi connectivity index (χ3n) is 1.62. The first kappa shape index (κ1) is 10.9. The smallest absolute Gasteiger partial charge is 0.224 e. The quantitative estimate of drug-likeness (QED) is 0.716. The highest BCUT2D eigenvalue weighted by molar-refractivity contribution is 5.74. The highest BCUT2D eigenvalue weighted by atomic mass is 16.1. The molecule has 0 radical (unpaired) electrons. The molecule has 0 aliphatic rings. The summed E-state index contributed by atoms with van der Waals surface area (Å²) in [4.78, 5) is 18.4. The standard InChI is InChI=1S/C9H11N5O/c1-6-4-7(5-10)14-9(13-6)12-3-2-8(11)15/h4H,2-3H2,1H3,(H2,11,15)(H,12,13,14). The van der Waals surface area contributed by atoms with Gasteiger partial charge in [-0.05, 0) is 13.0 Å². The monoisotopic (exact) mass is 205 g/mol. The molecule has 0 bridgehead atoms. The van der Waals surface area contributed by atoms with Gasteiger partial charge in [-0.3, -0.25) is 4.79 Å². The van der Waals surface area contributed by atoms with Crippen molar-refractivity contribution in [1.82, 2.24) is 9.97 Å². The van der Waals surface area contributed by atoms with E-state index in [-0.39, 0.29) is 6.42 Å². The van der Waals surface area contributed by atoms with Crippen LogP contribution in [-0.4, -0.2) is 22.4 Å². The molecule has 1 rings (SSSR count). The number of carbonyl (C=O) groups excluding carboxylic acids is 1. The number of rotatable bonds is 4. The molecule has 6 heteroatoms. The molecule has 0 atom stereocenters. The lowest BCUT2D eigenvalue weighted by molar-refractivity contribution is -0.117. The number of amides is 1. The average molecular weight is 205 g/mol. The molecule has 1 amide bonds. The van der Waals surface area contributed by atoms with Gasteiger partial charge >= 0.3 is 0 Å². The number of aromatic nitrogens is 2. The van der Waals surface area contributed by atoms with Crippen LogP contribution in [0.25, 0.3) is 0 Å². The molecular weight excluding hydrogens is 194 g/mol. The van der Waals surface area contributed by atoms with Crippen molar-refractivity contribution in [1.29, 1.82) is 5.26 Å². The summed E-state index contributed by atoms with van der Waals surface area (Å²) < 4.78 is 0. The zero-order valence-electron chi connectivity index (χ0n) is 8.32.